The SMILES string of the molecule is C=C[C@@]1(C)CC(=O)[C@]2(O)[C@@]3(C)[C@@H](O)CCC(C)(C)[C@@H]3[C@H](OC(=O)CCN(C)C)[C@H](OC(=O)COCC)[C@@]2(C)O1. The molecule has 1 saturated heterocycles. The lowest BCUT2D eigenvalue weighted by molar-refractivity contribution is -0.371. The van der Waals surface area contributed by atoms with Gasteiger partial charge in [-0.3, -0.25) is 9.59 Å². The second-order valence-corrected chi connectivity index (χ2v) is 12.9. The first-order valence-electron chi connectivity index (χ1n) is 13.8. The van der Waals surface area contributed by atoms with Crippen molar-refractivity contribution in [2.45, 2.75) is 102 Å². The summed E-state index contributed by atoms with van der Waals surface area (Å²) in [6.45, 7) is 14.6. The molecule has 0 spiro atoms. The minimum absolute atomic E-state index is 0.0701. The standard InChI is InChI=1S/C29H47NO9/c1-10-26(5)16-19(32)29(35)27(6)18(31)12-14-25(3,4)23(27)22(37-20(33)13-15-30(8)9)24(28(29,7)39-26)38-21(34)17-36-11-2/h10,18,22-24,31,35H,1,11-17H2,2-9H3/t18-,22-,23-,24-,26-,27-,28+,29-/m0/s1. The fraction of sp³-hybridized carbons (Fsp3) is 0.828. The van der Waals surface area contributed by atoms with E-state index in [0.717, 1.165) is 0 Å². The Balaban J connectivity index is 2.28. The molecular weight excluding hydrogens is 506 g/mol. The van der Waals surface area contributed by atoms with Crippen LogP contribution in [0, 0.1) is 16.7 Å². The van der Waals surface area contributed by atoms with E-state index in [1.165, 1.54) is 13.0 Å². The van der Waals surface area contributed by atoms with Gasteiger partial charge in [-0.25, -0.2) is 4.79 Å². The zero-order valence-corrected chi connectivity index (χ0v) is 24.7. The Hall–Kier alpha value is -1.85. The topological polar surface area (TPSA) is 132 Å². The third kappa shape index (κ3) is 5.07. The Morgan fingerprint density at radius 1 is 1.15 bits per heavy atom. The Morgan fingerprint density at radius 3 is 2.36 bits per heavy atom. The molecule has 0 unspecified atom stereocenters. The Morgan fingerprint density at radius 2 is 1.79 bits per heavy atom. The quantitative estimate of drug-likeness (QED) is 0.323. The molecular formula is C29H47NO9. The summed E-state index contributed by atoms with van der Waals surface area (Å²) in [7, 11) is 3.67. The van der Waals surface area contributed by atoms with Crippen LogP contribution in [0.1, 0.15) is 67.2 Å². The first-order valence-corrected chi connectivity index (χ1v) is 13.8. The summed E-state index contributed by atoms with van der Waals surface area (Å²) in [6.07, 6.45) is -1.43. The maximum Gasteiger partial charge on any atom is 0.332 e. The van der Waals surface area contributed by atoms with Crippen LogP contribution in [0.3, 0.4) is 0 Å². The molecule has 222 valence electrons. The van der Waals surface area contributed by atoms with E-state index in [0.29, 0.717) is 19.4 Å². The van der Waals surface area contributed by atoms with Crippen LogP contribution in [0.5, 0.6) is 0 Å². The molecule has 3 fully saturated rings. The Kier molecular flexibility index (Phi) is 8.81. The first-order chi connectivity index (χ1) is 17.9. The molecule has 0 aromatic rings. The first kappa shape index (κ1) is 31.7. The maximum atomic E-state index is 14.1. The molecule has 0 aromatic carbocycles. The number of hydrogen-bond donors (Lipinski definition) is 2. The molecule has 2 N–H and O–H groups in total. The van der Waals surface area contributed by atoms with Gasteiger partial charge in [0.1, 0.15) is 18.3 Å². The van der Waals surface area contributed by atoms with E-state index in [4.69, 9.17) is 18.9 Å². The number of nitrogens with zero attached hydrogens (tertiary/aromatic N) is 1. The molecule has 2 saturated carbocycles. The van der Waals surface area contributed by atoms with Crippen molar-refractivity contribution in [1.29, 1.82) is 0 Å². The van der Waals surface area contributed by atoms with Gasteiger partial charge in [-0.1, -0.05) is 26.8 Å². The lowest BCUT2D eigenvalue weighted by Gasteiger charge is -2.71. The summed E-state index contributed by atoms with van der Waals surface area (Å²) < 4.78 is 23.9. The van der Waals surface area contributed by atoms with E-state index in [9.17, 15) is 24.6 Å². The van der Waals surface area contributed by atoms with Crippen LogP contribution in [0.25, 0.3) is 0 Å². The van der Waals surface area contributed by atoms with Crippen molar-refractivity contribution in [3.63, 3.8) is 0 Å². The largest absolute Gasteiger partial charge is 0.458 e. The smallest absolute Gasteiger partial charge is 0.332 e. The van der Waals surface area contributed by atoms with Crippen molar-refractivity contribution in [2.75, 3.05) is 33.9 Å². The summed E-state index contributed by atoms with van der Waals surface area (Å²) in [4.78, 5) is 42.2. The Bertz CT molecular complexity index is 982. The van der Waals surface area contributed by atoms with Crippen molar-refractivity contribution >= 4 is 17.7 Å². The summed E-state index contributed by atoms with van der Waals surface area (Å²) >= 11 is 0. The van der Waals surface area contributed by atoms with E-state index in [1.54, 1.807) is 20.8 Å². The molecule has 3 rings (SSSR count). The fourth-order valence-electron chi connectivity index (χ4n) is 7.45. The predicted molar refractivity (Wildman–Crippen MR) is 143 cm³/mol. The molecule has 0 amide bonds. The van der Waals surface area contributed by atoms with E-state index < -0.39 is 69.6 Å². The number of hydrogen-bond acceptors (Lipinski definition) is 10. The molecule has 0 radical (unpaired) electrons. The van der Waals surface area contributed by atoms with Gasteiger partial charge in [-0.15, -0.1) is 6.58 Å². The number of ether oxygens (including phenoxy) is 4. The summed E-state index contributed by atoms with van der Waals surface area (Å²) in [5.74, 6) is -2.59. The fourth-order valence-corrected chi connectivity index (χ4v) is 7.45. The number of aliphatic hydroxyl groups is 2. The minimum Gasteiger partial charge on any atom is -0.458 e. The highest BCUT2D eigenvalue weighted by atomic mass is 16.6. The van der Waals surface area contributed by atoms with Crippen LogP contribution in [-0.4, -0.2) is 102 Å². The van der Waals surface area contributed by atoms with Crippen LogP contribution in [0.4, 0.5) is 0 Å². The second kappa shape index (κ2) is 10.9. The van der Waals surface area contributed by atoms with Crippen molar-refractivity contribution < 1.29 is 43.5 Å². The molecule has 1 heterocycles. The minimum atomic E-state index is -2.28. The molecule has 39 heavy (non-hydrogen) atoms. The number of carbonyl (C=O) groups is 3. The van der Waals surface area contributed by atoms with Crippen molar-refractivity contribution in [3.05, 3.63) is 12.7 Å². The molecule has 10 nitrogen and oxygen atoms in total. The van der Waals surface area contributed by atoms with E-state index in [-0.39, 0.29) is 26.1 Å². The molecule has 0 bridgehead atoms. The number of fused-ring (bicyclic) bond motifs is 3. The van der Waals surface area contributed by atoms with Crippen LogP contribution in [0.15, 0.2) is 12.7 Å². The van der Waals surface area contributed by atoms with Crippen LogP contribution in [0.2, 0.25) is 0 Å². The van der Waals surface area contributed by atoms with Gasteiger partial charge in [0.05, 0.1) is 18.1 Å². The average Bonchev–Trinajstić information content (AvgIpc) is 2.84. The van der Waals surface area contributed by atoms with E-state index >= 15 is 0 Å². The van der Waals surface area contributed by atoms with Crippen molar-refractivity contribution in [1.82, 2.24) is 4.90 Å². The summed E-state index contributed by atoms with van der Waals surface area (Å²) in [5.41, 5.74) is -7.52. The van der Waals surface area contributed by atoms with Gasteiger partial charge in [0.15, 0.2) is 17.5 Å². The highest BCUT2D eigenvalue weighted by Crippen LogP contribution is 2.67. The number of carbonyl (C=O) groups excluding carboxylic acids is 3. The molecule has 3 aliphatic rings. The third-order valence-electron chi connectivity index (χ3n) is 9.42. The van der Waals surface area contributed by atoms with E-state index in [1.807, 2.05) is 32.8 Å². The normalized spacial score (nSPS) is 41.4. The van der Waals surface area contributed by atoms with Crippen LogP contribution < -0.4 is 0 Å². The average molecular weight is 554 g/mol. The van der Waals surface area contributed by atoms with Gasteiger partial charge in [-0.2, -0.15) is 0 Å². The maximum absolute atomic E-state index is 14.1. The zero-order chi connectivity index (χ0) is 29.6. The van der Waals surface area contributed by atoms with Crippen LogP contribution in [-0.2, 0) is 33.3 Å². The third-order valence-corrected chi connectivity index (χ3v) is 9.42. The van der Waals surface area contributed by atoms with Crippen molar-refractivity contribution in [2.24, 2.45) is 16.7 Å². The lowest BCUT2D eigenvalue weighted by atomic mass is 9.39. The highest BCUT2D eigenvalue weighted by Gasteiger charge is 2.82. The monoisotopic (exact) mass is 553 g/mol. The summed E-state index contributed by atoms with van der Waals surface area (Å²) in [6, 6.07) is 0. The summed E-state index contributed by atoms with van der Waals surface area (Å²) in [5, 5.41) is 24.2. The number of esters is 2. The van der Waals surface area contributed by atoms with Gasteiger partial charge in [0.25, 0.3) is 0 Å². The predicted octanol–water partition coefficient (Wildman–Crippen LogP) is 2.04. The molecule has 2 aliphatic carbocycles. The highest BCUT2D eigenvalue weighted by molar-refractivity contribution is 5.92. The number of aliphatic hydroxyl groups excluding tert-OH is 1. The van der Waals surface area contributed by atoms with Gasteiger partial charge < -0.3 is 34.1 Å². The number of ketones is 1. The number of Topliss-reactive ketones (excluding diaryl/α,β-unsaturated/α-hetero) is 1. The lowest BCUT2D eigenvalue weighted by Crippen LogP contribution is -2.87. The van der Waals surface area contributed by atoms with Crippen molar-refractivity contribution in [3.8, 4) is 0 Å². The molecule has 1 aliphatic heterocycles. The van der Waals surface area contributed by atoms with Gasteiger partial charge in [-0.05, 0) is 53.1 Å². The zero-order valence-electron chi connectivity index (χ0n) is 24.7. The van der Waals surface area contributed by atoms with Gasteiger partial charge >= 0.3 is 11.9 Å². The molecule has 10 heteroatoms. The second-order valence-electron chi connectivity index (χ2n) is 12.9. The number of rotatable bonds is 9. The molecule has 8 atom stereocenters. The molecule has 0 aromatic heterocycles. The van der Waals surface area contributed by atoms with Crippen LogP contribution >= 0.6 is 0 Å². The van der Waals surface area contributed by atoms with E-state index in [2.05, 4.69) is 6.58 Å². The van der Waals surface area contributed by atoms with Gasteiger partial charge in [0.2, 0.25) is 0 Å². The Labute approximate surface area is 232 Å². The van der Waals surface area contributed by atoms with Gasteiger partial charge in [0, 0.05) is 30.9 Å².